The highest BCUT2D eigenvalue weighted by molar-refractivity contribution is 6.08. The lowest BCUT2D eigenvalue weighted by molar-refractivity contribution is 0.562. The Hall–Kier alpha value is -3.59. The van der Waals surface area contributed by atoms with Crippen molar-refractivity contribution in [2.45, 2.75) is 45.4 Å². The zero-order chi connectivity index (χ0) is 25.9. The zero-order valence-corrected chi connectivity index (χ0v) is 21.4. The fourth-order valence-corrected chi connectivity index (χ4v) is 4.37. The first-order valence-corrected chi connectivity index (χ1v) is 12.4. The Labute approximate surface area is 214 Å². The van der Waals surface area contributed by atoms with Crippen molar-refractivity contribution < 1.29 is 8.78 Å². The molecule has 0 heterocycles. The molecule has 3 rings (SSSR count). The standard InChI is InChI=1S/C33H35F2N/c1-5-26-17-19-28(20-18-27-12-7-6-8-13-27)29(23-26)14-9-11-24(2)21-33(36-4)25(3)22-30-31(34)15-10-16-32(30)35/h5-8,10,12-13,15-17,19,21,23H,1,3,9,11,14,18,20,22H2,2,4H3/b24-21-,36-33?. The molecule has 3 aromatic rings. The molecule has 0 atom stereocenters. The molecular formula is C33H35F2N. The van der Waals surface area contributed by atoms with E-state index in [-0.39, 0.29) is 12.0 Å². The Balaban J connectivity index is 1.62. The molecule has 0 amide bonds. The van der Waals surface area contributed by atoms with E-state index in [0.29, 0.717) is 11.3 Å². The number of nitrogens with zero attached hydrogens (tertiary/aromatic N) is 1. The predicted molar refractivity (Wildman–Crippen MR) is 150 cm³/mol. The fraction of sp³-hybridized carbons (Fsp3) is 0.242. The van der Waals surface area contributed by atoms with Crippen LogP contribution in [0.15, 0.2) is 102 Å². The summed E-state index contributed by atoms with van der Waals surface area (Å²) in [4.78, 5) is 4.32. The molecule has 0 fully saturated rings. The van der Waals surface area contributed by atoms with E-state index in [1.807, 2.05) is 18.2 Å². The smallest absolute Gasteiger partial charge is 0.129 e. The van der Waals surface area contributed by atoms with Crippen molar-refractivity contribution in [3.8, 4) is 0 Å². The Morgan fingerprint density at radius 2 is 1.61 bits per heavy atom. The molecular weight excluding hydrogens is 448 g/mol. The van der Waals surface area contributed by atoms with Crippen LogP contribution in [-0.4, -0.2) is 12.8 Å². The van der Waals surface area contributed by atoms with E-state index in [1.54, 1.807) is 7.05 Å². The summed E-state index contributed by atoms with van der Waals surface area (Å²) in [5.74, 6) is -1.12. The number of aryl methyl sites for hydroxylation is 3. The van der Waals surface area contributed by atoms with E-state index in [2.05, 4.69) is 67.5 Å². The van der Waals surface area contributed by atoms with Gasteiger partial charge < -0.3 is 0 Å². The number of halogens is 2. The third kappa shape index (κ3) is 7.71. The number of aliphatic imine (C=N–C) groups is 1. The maximum absolute atomic E-state index is 14.1. The normalized spacial score (nSPS) is 12.0. The maximum Gasteiger partial charge on any atom is 0.129 e. The first-order chi connectivity index (χ1) is 17.4. The first-order valence-electron chi connectivity index (χ1n) is 12.4. The Morgan fingerprint density at radius 1 is 0.889 bits per heavy atom. The van der Waals surface area contributed by atoms with Crippen LogP contribution in [0, 0.1) is 11.6 Å². The lowest BCUT2D eigenvalue weighted by Gasteiger charge is -2.12. The Morgan fingerprint density at radius 3 is 2.28 bits per heavy atom. The molecule has 0 radical (unpaired) electrons. The quantitative estimate of drug-likeness (QED) is 0.229. The minimum atomic E-state index is -0.558. The summed E-state index contributed by atoms with van der Waals surface area (Å²) >= 11 is 0. The second kappa shape index (κ2) is 13.5. The number of hydrogen-bond donors (Lipinski definition) is 0. The highest BCUT2D eigenvalue weighted by atomic mass is 19.1. The SMILES string of the molecule is C=Cc1ccc(CCc2ccccc2)c(CCC/C(C)=C\C(=NC)C(=C)Cc2c(F)cccc2F)c1. The van der Waals surface area contributed by atoms with Crippen molar-refractivity contribution >= 4 is 11.8 Å². The number of rotatable bonds is 12. The maximum atomic E-state index is 14.1. The zero-order valence-electron chi connectivity index (χ0n) is 21.4. The topological polar surface area (TPSA) is 12.4 Å². The summed E-state index contributed by atoms with van der Waals surface area (Å²) in [6, 6.07) is 21.1. The lowest BCUT2D eigenvalue weighted by Crippen LogP contribution is -2.06. The van der Waals surface area contributed by atoms with Gasteiger partial charge >= 0.3 is 0 Å². The van der Waals surface area contributed by atoms with Gasteiger partial charge in [0, 0.05) is 19.0 Å². The average molecular weight is 484 g/mol. The van der Waals surface area contributed by atoms with Gasteiger partial charge in [-0.3, -0.25) is 4.99 Å². The van der Waals surface area contributed by atoms with E-state index in [4.69, 9.17) is 0 Å². The molecule has 0 spiro atoms. The van der Waals surface area contributed by atoms with Crippen molar-refractivity contribution in [3.05, 3.63) is 137 Å². The van der Waals surface area contributed by atoms with E-state index in [9.17, 15) is 8.78 Å². The fourth-order valence-electron chi connectivity index (χ4n) is 4.37. The summed E-state index contributed by atoms with van der Waals surface area (Å²) in [5, 5.41) is 0. The molecule has 186 valence electrons. The monoisotopic (exact) mass is 483 g/mol. The summed E-state index contributed by atoms with van der Waals surface area (Å²) in [6.45, 7) is 10.0. The average Bonchev–Trinajstić information content (AvgIpc) is 2.89. The Bertz CT molecular complexity index is 1230. The van der Waals surface area contributed by atoms with Gasteiger partial charge in [-0.1, -0.05) is 79.4 Å². The van der Waals surface area contributed by atoms with Crippen LogP contribution in [0.1, 0.15) is 47.6 Å². The van der Waals surface area contributed by atoms with Crippen LogP contribution in [-0.2, 0) is 25.7 Å². The van der Waals surface area contributed by atoms with Gasteiger partial charge in [-0.25, -0.2) is 8.78 Å². The molecule has 3 aromatic carbocycles. The van der Waals surface area contributed by atoms with Crippen LogP contribution in [0.4, 0.5) is 8.78 Å². The molecule has 3 heteroatoms. The van der Waals surface area contributed by atoms with Crippen molar-refractivity contribution in [3.63, 3.8) is 0 Å². The largest absolute Gasteiger partial charge is 0.288 e. The Kier molecular flexibility index (Phi) is 10.1. The molecule has 0 aliphatic carbocycles. The molecule has 0 aromatic heterocycles. The van der Waals surface area contributed by atoms with Crippen molar-refractivity contribution in [2.24, 2.45) is 4.99 Å². The van der Waals surface area contributed by atoms with Crippen LogP contribution in [0.5, 0.6) is 0 Å². The molecule has 0 aliphatic rings. The molecule has 0 N–H and O–H groups in total. The van der Waals surface area contributed by atoms with Crippen LogP contribution >= 0.6 is 0 Å². The van der Waals surface area contributed by atoms with Crippen molar-refractivity contribution in [1.82, 2.24) is 0 Å². The second-order valence-electron chi connectivity index (χ2n) is 9.15. The van der Waals surface area contributed by atoms with Crippen LogP contribution in [0.25, 0.3) is 6.08 Å². The lowest BCUT2D eigenvalue weighted by atomic mass is 9.93. The minimum Gasteiger partial charge on any atom is -0.288 e. The van der Waals surface area contributed by atoms with Gasteiger partial charge in [0.2, 0.25) is 0 Å². The number of benzene rings is 3. The molecule has 36 heavy (non-hydrogen) atoms. The predicted octanol–water partition coefficient (Wildman–Crippen LogP) is 8.53. The van der Waals surface area contributed by atoms with Crippen molar-refractivity contribution in [1.29, 1.82) is 0 Å². The van der Waals surface area contributed by atoms with Gasteiger partial charge in [0.05, 0.1) is 5.71 Å². The number of hydrogen-bond acceptors (Lipinski definition) is 1. The third-order valence-electron chi connectivity index (χ3n) is 6.45. The molecule has 0 bridgehead atoms. The summed E-state index contributed by atoms with van der Waals surface area (Å²) in [7, 11) is 1.68. The second-order valence-corrected chi connectivity index (χ2v) is 9.15. The molecule has 0 saturated heterocycles. The first kappa shape index (κ1) is 27.0. The number of allylic oxidation sites excluding steroid dienone is 3. The highest BCUT2D eigenvalue weighted by Crippen LogP contribution is 2.21. The summed E-state index contributed by atoms with van der Waals surface area (Å²) in [6.07, 6.45) is 8.85. The van der Waals surface area contributed by atoms with Gasteiger partial charge in [0.15, 0.2) is 0 Å². The van der Waals surface area contributed by atoms with Gasteiger partial charge in [0.25, 0.3) is 0 Å². The molecule has 0 unspecified atom stereocenters. The van der Waals surface area contributed by atoms with E-state index >= 15 is 0 Å². The van der Waals surface area contributed by atoms with Crippen LogP contribution < -0.4 is 0 Å². The van der Waals surface area contributed by atoms with Gasteiger partial charge in [-0.15, -0.1) is 0 Å². The van der Waals surface area contributed by atoms with Gasteiger partial charge in [-0.2, -0.15) is 0 Å². The van der Waals surface area contributed by atoms with Gasteiger partial charge in [-0.05, 0) is 85.1 Å². The summed E-state index contributed by atoms with van der Waals surface area (Å²) < 4.78 is 28.1. The van der Waals surface area contributed by atoms with E-state index in [1.165, 1.54) is 34.9 Å². The molecule has 1 nitrogen and oxygen atoms in total. The van der Waals surface area contributed by atoms with Crippen LogP contribution in [0.3, 0.4) is 0 Å². The van der Waals surface area contributed by atoms with Crippen molar-refractivity contribution in [2.75, 3.05) is 7.05 Å². The van der Waals surface area contributed by atoms with Crippen LogP contribution in [0.2, 0.25) is 0 Å². The highest BCUT2D eigenvalue weighted by Gasteiger charge is 2.12. The summed E-state index contributed by atoms with van der Waals surface area (Å²) in [5.41, 5.74) is 7.68. The molecule has 0 aliphatic heterocycles. The van der Waals surface area contributed by atoms with E-state index < -0.39 is 11.6 Å². The third-order valence-corrected chi connectivity index (χ3v) is 6.45. The van der Waals surface area contributed by atoms with Gasteiger partial charge in [0.1, 0.15) is 11.6 Å². The molecule has 0 saturated carbocycles. The minimum absolute atomic E-state index is 0.0276. The van der Waals surface area contributed by atoms with E-state index in [0.717, 1.165) is 43.2 Å².